The molecule has 1 saturated heterocycles. The standard InChI is InChI=1S/C12H22N2O/c1-5-11(4)13-8-12-9-14(10(2)3)6-7-15-12/h1,10-13H,6-9H2,2-4H3. The lowest BCUT2D eigenvalue weighted by molar-refractivity contribution is -0.0374. The number of morpholine rings is 1. The van der Waals surface area contributed by atoms with Gasteiger partial charge in [-0.1, -0.05) is 5.92 Å². The molecule has 0 aromatic heterocycles. The van der Waals surface area contributed by atoms with Gasteiger partial charge in [-0.15, -0.1) is 6.42 Å². The molecule has 1 fully saturated rings. The minimum absolute atomic E-state index is 0.128. The van der Waals surface area contributed by atoms with Gasteiger partial charge in [-0.25, -0.2) is 0 Å². The molecule has 86 valence electrons. The van der Waals surface area contributed by atoms with Crippen LogP contribution in [0.4, 0.5) is 0 Å². The summed E-state index contributed by atoms with van der Waals surface area (Å²) in [6.07, 6.45) is 5.57. The predicted molar refractivity (Wildman–Crippen MR) is 62.7 cm³/mol. The summed E-state index contributed by atoms with van der Waals surface area (Å²) in [5.41, 5.74) is 0. The Morgan fingerprint density at radius 3 is 2.87 bits per heavy atom. The summed E-state index contributed by atoms with van der Waals surface area (Å²) in [5, 5.41) is 3.27. The van der Waals surface area contributed by atoms with E-state index in [9.17, 15) is 0 Å². The van der Waals surface area contributed by atoms with Crippen LogP contribution < -0.4 is 5.32 Å². The van der Waals surface area contributed by atoms with Gasteiger partial charge in [-0.3, -0.25) is 4.90 Å². The molecule has 1 heterocycles. The number of nitrogens with one attached hydrogen (secondary N) is 1. The number of ether oxygens (including phenoxy) is 1. The van der Waals surface area contributed by atoms with Gasteiger partial charge in [0.1, 0.15) is 0 Å². The molecule has 0 radical (unpaired) electrons. The first-order chi connectivity index (χ1) is 7.13. The monoisotopic (exact) mass is 210 g/mol. The molecule has 3 heteroatoms. The molecule has 1 aliphatic heterocycles. The summed E-state index contributed by atoms with van der Waals surface area (Å²) < 4.78 is 5.68. The summed E-state index contributed by atoms with van der Waals surface area (Å²) in [6, 6.07) is 0.726. The van der Waals surface area contributed by atoms with Crippen molar-refractivity contribution in [2.45, 2.75) is 39.0 Å². The van der Waals surface area contributed by atoms with Crippen molar-refractivity contribution in [3.63, 3.8) is 0 Å². The van der Waals surface area contributed by atoms with Crippen LogP contribution in [0.2, 0.25) is 0 Å². The Labute approximate surface area is 93.2 Å². The van der Waals surface area contributed by atoms with E-state index in [-0.39, 0.29) is 12.1 Å². The predicted octanol–water partition coefficient (Wildman–Crippen LogP) is 0.707. The van der Waals surface area contributed by atoms with Gasteiger partial charge in [0.05, 0.1) is 18.8 Å². The van der Waals surface area contributed by atoms with Gasteiger partial charge in [-0.05, 0) is 20.8 Å². The van der Waals surface area contributed by atoms with Gasteiger partial charge in [0, 0.05) is 25.7 Å². The number of terminal acetylenes is 1. The Hall–Kier alpha value is -0.560. The van der Waals surface area contributed by atoms with Crippen molar-refractivity contribution >= 4 is 0 Å². The van der Waals surface area contributed by atoms with Crippen molar-refractivity contribution in [3.8, 4) is 12.3 Å². The second kappa shape index (κ2) is 6.12. The molecule has 0 bridgehead atoms. The van der Waals surface area contributed by atoms with Gasteiger partial charge in [-0.2, -0.15) is 0 Å². The van der Waals surface area contributed by atoms with Crippen molar-refractivity contribution in [3.05, 3.63) is 0 Å². The van der Waals surface area contributed by atoms with E-state index in [1.54, 1.807) is 0 Å². The zero-order valence-electron chi connectivity index (χ0n) is 9.99. The van der Waals surface area contributed by atoms with Crippen LogP contribution in [0, 0.1) is 12.3 Å². The SMILES string of the molecule is C#CC(C)NCC1CN(C(C)C)CCO1. The average molecular weight is 210 g/mol. The highest BCUT2D eigenvalue weighted by Gasteiger charge is 2.21. The molecule has 2 unspecified atom stereocenters. The Morgan fingerprint density at radius 1 is 1.53 bits per heavy atom. The van der Waals surface area contributed by atoms with E-state index in [0.29, 0.717) is 6.04 Å². The van der Waals surface area contributed by atoms with Crippen molar-refractivity contribution in [1.29, 1.82) is 0 Å². The molecule has 15 heavy (non-hydrogen) atoms. The zero-order chi connectivity index (χ0) is 11.3. The fourth-order valence-electron chi connectivity index (χ4n) is 1.70. The summed E-state index contributed by atoms with van der Waals surface area (Å²) in [6.45, 7) is 10.1. The van der Waals surface area contributed by atoms with Crippen LogP contribution >= 0.6 is 0 Å². The summed E-state index contributed by atoms with van der Waals surface area (Å²) in [7, 11) is 0. The minimum Gasteiger partial charge on any atom is -0.374 e. The average Bonchev–Trinajstić information content (AvgIpc) is 2.26. The molecule has 3 nitrogen and oxygen atoms in total. The number of hydrogen-bond donors (Lipinski definition) is 1. The second-order valence-electron chi connectivity index (χ2n) is 4.38. The van der Waals surface area contributed by atoms with E-state index in [1.165, 1.54) is 0 Å². The highest BCUT2D eigenvalue weighted by atomic mass is 16.5. The normalized spacial score (nSPS) is 25.1. The molecule has 0 aliphatic carbocycles. The lowest BCUT2D eigenvalue weighted by Crippen LogP contribution is -2.49. The van der Waals surface area contributed by atoms with Crippen molar-refractivity contribution < 1.29 is 4.74 Å². The maximum Gasteiger partial charge on any atom is 0.0827 e. The van der Waals surface area contributed by atoms with Crippen LogP contribution in [0.15, 0.2) is 0 Å². The molecule has 1 N–H and O–H groups in total. The lowest BCUT2D eigenvalue weighted by atomic mass is 10.2. The van der Waals surface area contributed by atoms with Crippen molar-refractivity contribution in [1.82, 2.24) is 10.2 Å². The van der Waals surface area contributed by atoms with E-state index in [1.807, 2.05) is 6.92 Å². The molecule has 0 aromatic carbocycles. The Kier molecular flexibility index (Phi) is 5.10. The molecule has 0 saturated carbocycles. The number of rotatable bonds is 4. The Balaban J connectivity index is 2.28. The van der Waals surface area contributed by atoms with Gasteiger partial charge < -0.3 is 10.1 Å². The van der Waals surface area contributed by atoms with Gasteiger partial charge in [0.25, 0.3) is 0 Å². The van der Waals surface area contributed by atoms with E-state index >= 15 is 0 Å². The zero-order valence-corrected chi connectivity index (χ0v) is 9.99. The van der Waals surface area contributed by atoms with Crippen molar-refractivity contribution in [2.75, 3.05) is 26.2 Å². The lowest BCUT2D eigenvalue weighted by Gasteiger charge is -2.35. The van der Waals surface area contributed by atoms with Crippen molar-refractivity contribution in [2.24, 2.45) is 0 Å². The van der Waals surface area contributed by atoms with E-state index in [2.05, 4.69) is 30.0 Å². The fourth-order valence-corrected chi connectivity index (χ4v) is 1.70. The van der Waals surface area contributed by atoms with Crippen LogP contribution in [-0.4, -0.2) is 49.3 Å². The molecular weight excluding hydrogens is 188 g/mol. The molecule has 0 amide bonds. The van der Waals surface area contributed by atoms with E-state index < -0.39 is 0 Å². The first-order valence-electron chi connectivity index (χ1n) is 5.68. The molecule has 1 aliphatic rings. The van der Waals surface area contributed by atoms with E-state index in [4.69, 9.17) is 11.2 Å². The summed E-state index contributed by atoms with van der Waals surface area (Å²) in [5.74, 6) is 2.66. The molecule has 0 spiro atoms. The Bertz CT molecular complexity index is 222. The molecule has 1 rings (SSSR count). The summed E-state index contributed by atoms with van der Waals surface area (Å²) >= 11 is 0. The van der Waals surface area contributed by atoms with E-state index in [0.717, 1.165) is 26.2 Å². The van der Waals surface area contributed by atoms with Crippen LogP contribution in [0.25, 0.3) is 0 Å². The third kappa shape index (κ3) is 4.21. The van der Waals surface area contributed by atoms with Gasteiger partial charge in [0.15, 0.2) is 0 Å². The first kappa shape index (κ1) is 12.5. The molecular formula is C12H22N2O. The minimum atomic E-state index is 0.128. The smallest absolute Gasteiger partial charge is 0.0827 e. The summed E-state index contributed by atoms with van der Waals surface area (Å²) in [4.78, 5) is 2.44. The number of nitrogens with zero attached hydrogens (tertiary/aromatic N) is 1. The topological polar surface area (TPSA) is 24.5 Å². The number of hydrogen-bond acceptors (Lipinski definition) is 3. The van der Waals surface area contributed by atoms with Crippen LogP contribution in [0.1, 0.15) is 20.8 Å². The highest BCUT2D eigenvalue weighted by Crippen LogP contribution is 2.08. The second-order valence-corrected chi connectivity index (χ2v) is 4.38. The van der Waals surface area contributed by atoms with Gasteiger partial charge in [0.2, 0.25) is 0 Å². The highest BCUT2D eigenvalue weighted by molar-refractivity contribution is 4.96. The van der Waals surface area contributed by atoms with Gasteiger partial charge >= 0.3 is 0 Å². The third-order valence-corrected chi connectivity index (χ3v) is 2.80. The van der Waals surface area contributed by atoms with Crippen LogP contribution in [0.3, 0.4) is 0 Å². The third-order valence-electron chi connectivity index (χ3n) is 2.80. The Morgan fingerprint density at radius 2 is 2.27 bits per heavy atom. The largest absolute Gasteiger partial charge is 0.374 e. The van der Waals surface area contributed by atoms with Crippen LogP contribution in [-0.2, 0) is 4.74 Å². The first-order valence-corrected chi connectivity index (χ1v) is 5.68. The maximum atomic E-state index is 5.68. The molecule has 0 aromatic rings. The maximum absolute atomic E-state index is 5.68. The fraction of sp³-hybridized carbons (Fsp3) is 0.833. The van der Waals surface area contributed by atoms with Crippen LogP contribution in [0.5, 0.6) is 0 Å². The molecule has 2 atom stereocenters. The quantitative estimate of drug-likeness (QED) is 0.692.